The van der Waals surface area contributed by atoms with Crippen LogP contribution in [0.15, 0.2) is 12.5 Å². The normalized spacial score (nSPS) is 15.4. The largest absolute Gasteiger partial charge is 0.480 e. The number of nitrogens with one attached hydrogen (secondary N) is 4. The number of carboxylic acids is 1. The molecule has 184 valence electrons. The van der Waals surface area contributed by atoms with Crippen molar-refractivity contribution in [2.75, 3.05) is 5.75 Å². The van der Waals surface area contributed by atoms with Crippen LogP contribution >= 0.6 is 12.6 Å². The number of carboxylic acid groups (broad SMARTS) is 1. The summed E-state index contributed by atoms with van der Waals surface area (Å²) in [4.78, 5) is 66.6. The minimum Gasteiger partial charge on any atom is -0.480 e. The van der Waals surface area contributed by atoms with Gasteiger partial charge in [0.2, 0.25) is 23.6 Å². The average Bonchev–Trinajstić information content (AvgIpc) is 3.24. The van der Waals surface area contributed by atoms with Gasteiger partial charge >= 0.3 is 5.97 Å². The number of carbonyl (C=O) groups is 5. The molecule has 1 aromatic rings. The number of carbonyl (C=O) groups excluding carboxylic acids is 4. The molecule has 5 atom stereocenters. The molecule has 33 heavy (non-hydrogen) atoms. The summed E-state index contributed by atoms with van der Waals surface area (Å²) in [6, 6.07) is -5.21. The number of hydrogen-bond donors (Lipinski definition) is 9. The van der Waals surface area contributed by atoms with Gasteiger partial charge in [-0.15, -0.1) is 0 Å². The second-order valence-corrected chi connectivity index (χ2v) is 7.63. The second kappa shape index (κ2) is 13.4. The third kappa shape index (κ3) is 9.46. The van der Waals surface area contributed by atoms with Crippen molar-refractivity contribution >= 4 is 42.2 Å². The maximum Gasteiger partial charge on any atom is 0.328 e. The van der Waals surface area contributed by atoms with E-state index in [0.29, 0.717) is 5.69 Å². The standard InChI is InChI=1S/C18H29N7O7S/c1-8(26)14(18(31)32)25-16(29)11(2-3-13(20)27)23-17(30)12(6-33)24-15(28)10(19)4-9-5-21-7-22-9/h5,7-8,10-12,14,26,33H,2-4,6,19H2,1H3,(H2,20,27)(H,21,22)(H,23,30)(H,24,28)(H,25,29)(H,31,32). The molecule has 14 nitrogen and oxygen atoms in total. The van der Waals surface area contributed by atoms with Gasteiger partial charge in [0.25, 0.3) is 0 Å². The third-order valence-electron chi connectivity index (χ3n) is 4.51. The van der Waals surface area contributed by atoms with Gasteiger partial charge in [0, 0.05) is 30.5 Å². The molecule has 0 aliphatic heterocycles. The lowest BCUT2D eigenvalue weighted by molar-refractivity contribution is -0.145. The zero-order chi connectivity index (χ0) is 25.1. The number of nitrogens with zero attached hydrogens (tertiary/aromatic N) is 1. The van der Waals surface area contributed by atoms with Crippen molar-refractivity contribution in [1.29, 1.82) is 0 Å². The van der Waals surface area contributed by atoms with E-state index in [2.05, 4.69) is 38.5 Å². The van der Waals surface area contributed by atoms with Crippen LogP contribution in [0.25, 0.3) is 0 Å². The molecule has 0 radical (unpaired) electrons. The van der Waals surface area contributed by atoms with Crippen LogP contribution in [-0.4, -0.2) is 85.8 Å². The van der Waals surface area contributed by atoms with Gasteiger partial charge in [0.15, 0.2) is 6.04 Å². The Bertz CT molecular complexity index is 834. The highest BCUT2D eigenvalue weighted by Gasteiger charge is 2.31. The fourth-order valence-corrected chi connectivity index (χ4v) is 2.93. The summed E-state index contributed by atoms with van der Waals surface area (Å²) in [7, 11) is 0. The first kappa shape index (κ1) is 27.9. The van der Waals surface area contributed by atoms with Crippen molar-refractivity contribution in [3.8, 4) is 0 Å². The lowest BCUT2D eigenvalue weighted by Crippen LogP contribution is -2.58. The van der Waals surface area contributed by atoms with Crippen LogP contribution in [-0.2, 0) is 30.4 Å². The first-order valence-electron chi connectivity index (χ1n) is 9.90. The number of imidazole rings is 1. The Morgan fingerprint density at radius 1 is 1.12 bits per heavy atom. The first-order chi connectivity index (χ1) is 15.5. The van der Waals surface area contributed by atoms with Crippen LogP contribution in [0, 0.1) is 0 Å². The Morgan fingerprint density at radius 2 is 1.73 bits per heavy atom. The summed E-state index contributed by atoms with van der Waals surface area (Å²) in [5, 5.41) is 25.5. The monoisotopic (exact) mass is 487 g/mol. The second-order valence-electron chi connectivity index (χ2n) is 7.26. The van der Waals surface area contributed by atoms with Crippen molar-refractivity contribution in [3.05, 3.63) is 18.2 Å². The van der Waals surface area contributed by atoms with Crippen molar-refractivity contribution in [1.82, 2.24) is 25.9 Å². The number of primary amides is 1. The predicted octanol–water partition coefficient (Wildman–Crippen LogP) is -3.61. The maximum absolute atomic E-state index is 12.7. The minimum atomic E-state index is -1.65. The van der Waals surface area contributed by atoms with Crippen molar-refractivity contribution in [2.45, 2.75) is 56.5 Å². The zero-order valence-electron chi connectivity index (χ0n) is 17.9. The number of thiol groups is 1. The number of amides is 4. The van der Waals surface area contributed by atoms with Gasteiger partial charge in [-0.2, -0.15) is 12.6 Å². The van der Waals surface area contributed by atoms with E-state index in [9.17, 15) is 29.1 Å². The number of rotatable bonds is 14. The fourth-order valence-electron chi connectivity index (χ4n) is 2.67. The number of aliphatic carboxylic acids is 1. The smallest absolute Gasteiger partial charge is 0.328 e. The van der Waals surface area contributed by atoms with Crippen molar-refractivity contribution in [3.63, 3.8) is 0 Å². The van der Waals surface area contributed by atoms with E-state index in [4.69, 9.17) is 16.6 Å². The summed E-state index contributed by atoms with van der Waals surface area (Å²) >= 11 is 4.04. The molecule has 0 saturated heterocycles. The molecule has 0 bridgehead atoms. The highest BCUT2D eigenvalue weighted by Crippen LogP contribution is 2.03. The summed E-state index contributed by atoms with van der Waals surface area (Å²) in [5.74, 6) is -4.83. The summed E-state index contributed by atoms with van der Waals surface area (Å²) in [6.45, 7) is 1.16. The van der Waals surface area contributed by atoms with Crippen LogP contribution in [0.5, 0.6) is 0 Å². The molecule has 5 unspecified atom stereocenters. The van der Waals surface area contributed by atoms with Crippen LogP contribution in [0.2, 0.25) is 0 Å². The van der Waals surface area contributed by atoms with Crippen LogP contribution in [0.3, 0.4) is 0 Å². The van der Waals surface area contributed by atoms with Crippen molar-refractivity contribution in [2.24, 2.45) is 11.5 Å². The predicted molar refractivity (Wildman–Crippen MR) is 118 cm³/mol. The van der Waals surface area contributed by atoms with Crippen molar-refractivity contribution < 1.29 is 34.2 Å². The third-order valence-corrected chi connectivity index (χ3v) is 4.87. The Hall–Kier alpha value is -3.17. The quantitative estimate of drug-likeness (QED) is 0.117. The molecule has 15 heteroatoms. The Morgan fingerprint density at radius 3 is 2.21 bits per heavy atom. The van der Waals surface area contributed by atoms with E-state index in [-0.39, 0.29) is 25.0 Å². The van der Waals surface area contributed by atoms with Gasteiger partial charge in [0.05, 0.1) is 18.5 Å². The number of aliphatic hydroxyl groups excluding tert-OH is 1. The Kier molecular flexibility index (Phi) is 11.3. The van der Waals surface area contributed by atoms with E-state index in [1.165, 1.54) is 12.5 Å². The van der Waals surface area contributed by atoms with Gasteiger partial charge < -0.3 is 42.6 Å². The van der Waals surface area contributed by atoms with Gasteiger partial charge in [-0.25, -0.2) is 9.78 Å². The van der Waals surface area contributed by atoms with Gasteiger partial charge in [-0.1, -0.05) is 0 Å². The van der Waals surface area contributed by atoms with Crippen LogP contribution in [0.1, 0.15) is 25.5 Å². The first-order valence-corrected chi connectivity index (χ1v) is 10.5. The molecule has 0 aliphatic rings. The fraction of sp³-hybridized carbons (Fsp3) is 0.556. The molecule has 0 fully saturated rings. The molecule has 1 heterocycles. The average molecular weight is 488 g/mol. The lowest BCUT2D eigenvalue weighted by atomic mass is 10.1. The molecule has 1 aromatic heterocycles. The molecule has 0 aliphatic carbocycles. The molecule has 0 spiro atoms. The van der Waals surface area contributed by atoms with Gasteiger partial charge in [-0.05, 0) is 13.3 Å². The molecule has 10 N–H and O–H groups in total. The molecular formula is C18H29N7O7S. The summed E-state index contributed by atoms with van der Waals surface area (Å²) in [6.07, 6.45) is 1.08. The minimum absolute atomic E-state index is 0.131. The number of aromatic amines is 1. The number of nitrogens with two attached hydrogens (primary N) is 2. The summed E-state index contributed by atoms with van der Waals surface area (Å²) in [5.41, 5.74) is 11.6. The number of aromatic nitrogens is 2. The lowest BCUT2D eigenvalue weighted by Gasteiger charge is -2.25. The molecule has 1 rings (SSSR count). The number of H-pyrrole nitrogens is 1. The number of aliphatic hydroxyl groups is 1. The molecule has 0 saturated carbocycles. The van der Waals surface area contributed by atoms with Crippen LogP contribution in [0.4, 0.5) is 0 Å². The van der Waals surface area contributed by atoms with E-state index < -0.39 is 59.9 Å². The van der Waals surface area contributed by atoms with E-state index in [0.717, 1.165) is 6.92 Å². The van der Waals surface area contributed by atoms with E-state index in [1.807, 2.05) is 0 Å². The molecular weight excluding hydrogens is 458 g/mol. The number of hydrogen-bond acceptors (Lipinski definition) is 9. The maximum atomic E-state index is 12.7. The van der Waals surface area contributed by atoms with E-state index >= 15 is 0 Å². The molecule has 4 amide bonds. The van der Waals surface area contributed by atoms with Gasteiger partial charge in [-0.3, -0.25) is 19.2 Å². The van der Waals surface area contributed by atoms with E-state index in [1.54, 1.807) is 0 Å². The highest BCUT2D eigenvalue weighted by molar-refractivity contribution is 7.80. The Labute approximate surface area is 194 Å². The SMILES string of the molecule is CC(O)C(NC(=O)C(CCC(N)=O)NC(=O)C(CS)NC(=O)C(N)Cc1cnc[nH]1)C(=O)O. The highest BCUT2D eigenvalue weighted by atomic mass is 32.1. The Balaban J connectivity index is 2.84. The van der Waals surface area contributed by atoms with Gasteiger partial charge in [0.1, 0.15) is 12.1 Å². The zero-order valence-corrected chi connectivity index (χ0v) is 18.7. The molecule has 0 aromatic carbocycles. The van der Waals surface area contributed by atoms with Crippen LogP contribution < -0.4 is 27.4 Å². The topological polar surface area (TPSA) is 243 Å². The summed E-state index contributed by atoms with van der Waals surface area (Å²) < 4.78 is 0.